The minimum atomic E-state index is 0.0247. The Morgan fingerprint density at radius 3 is 2.14 bits per heavy atom. The van der Waals surface area contributed by atoms with Gasteiger partial charge < -0.3 is 13.3 Å². The smallest absolute Gasteiger partial charge is 0.409 e. The Morgan fingerprint density at radius 1 is 1.05 bits per heavy atom. The summed E-state index contributed by atoms with van der Waals surface area (Å²) >= 11 is 0. The average Bonchev–Trinajstić information content (AvgIpc) is 2.95. The third-order valence-electron chi connectivity index (χ3n) is 2.72. The minimum Gasteiger partial charge on any atom is -0.506 e. The zero-order valence-corrected chi connectivity index (χ0v) is 14.6. The van der Waals surface area contributed by atoms with Gasteiger partial charge in [-0.2, -0.15) is 0 Å². The predicted molar refractivity (Wildman–Crippen MR) is 84.7 cm³/mol. The summed E-state index contributed by atoms with van der Waals surface area (Å²) in [4.78, 5) is 1.47. The first-order valence-corrected chi connectivity index (χ1v) is 7.81. The summed E-state index contributed by atoms with van der Waals surface area (Å²) in [7, 11) is 5.44. The maximum atomic E-state index is 9.81. The molecule has 9 heteroatoms. The lowest BCUT2D eigenvalue weighted by Crippen LogP contribution is -1.99. The number of aromatic nitrogens is 3. The Balaban J connectivity index is 0.000000309. The summed E-state index contributed by atoms with van der Waals surface area (Å²) in [5.41, 5.74) is 3.28. The molecule has 0 fully saturated rings. The largest absolute Gasteiger partial charge is 0.506 e. The van der Waals surface area contributed by atoms with Gasteiger partial charge in [-0.05, 0) is 36.8 Å². The molecular weight excluding hydrogens is 330 g/mol. The number of hydrogen-bond acceptors (Lipinski definition) is 5. The van der Waals surface area contributed by atoms with E-state index in [1.54, 1.807) is 6.07 Å². The Hall–Kier alpha value is -1.79. The molecule has 2 aromatic carbocycles. The van der Waals surface area contributed by atoms with Crippen molar-refractivity contribution in [3.05, 3.63) is 48.0 Å². The van der Waals surface area contributed by atoms with Crippen LogP contribution in [0.1, 0.15) is 5.56 Å². The Kier molecular flexibility index (Phi) is 6.03. The normalized spacial score (nSPS) is 10.3. The van der Waals surface area contributed by atoms with E-state index in [0.717, 1.165) is 16.6 Å². The highest BCUT2D eigenvalue weighted by molar-refractivity contribution is 6.33. The summed E-state index contributed by atoms with van der Waals surface area (Å²) < 4.78 is 8.51. The first-order chi connectivity index (χ1) is 10.7. The fraction of sp³-hybridized carbons (Fsp3) is 0.0769. The van der Waals surface area contributed by atoms with Crippen LogP contribution in [0.2, 0.25) is 0 Å². The Bertz CT molecular complexity index is 716. The van der Waals surface area contributed by atoms with Gasteiger partial charge in [-0.3, -0.25) is 0 Å². The van der Waals surface area contributed by atoms with E-state index < -0.39 is 0 Å². The van der Waals surface area contributed by atoms with Gasteiger partial charge in [0, 0.05) is 0 Å². The summed E-state index contributed by atoms with van der Waals surface area (Å²) in [5.74, 6) is 0.177. The molecule has 0 aliphatic carbocycles. The van der Waals surface area contributed by atoms with Crippen molar-refractivity contribution < 1.29 is 13.3 Å². The first-order valence-electron chi connectivity index (χ1n) is 6.18. The molecule has 0 aliphatic rings. The van der Waals surface area contributed by atoms with Gasteiger partial charge in [-0.1, -0.05) is 18.2 Å². The molecule has 3 rings (SSSR count). The number of nitrogens with zero attached hydrogens (tertiary/aromatic N) is 3. The molecular formula is C13H11N3O3Si3. The van der Waals surface area contributed by atoms with Gasteiger partial charge in [0.15, 0.2) is 0 Å². The standard InChI is InChI=1S/C13H11N3O.O2Si3/c1-9-6-7-13(17)12(8-9)16-14-10-4-2-3-5-11(10)15-16;3-1-5-2-4/h2-8,17H,1H3;. The summed E-state index contributed by atoms with van der Waals surface area (Å²) in [5, 5.41) is 18.5. The summed E-state index contributed by atoms with van der Waals surface area (Å²) in [6.07, 6.45) is 0. The second-order valence-electron chi connectivity index (χ2n) is 4.26. The van der Waals surface area contributed by atoms with Crippen LogP contribution < -0.4 is 0 Å². The van der Waals surface area contributed by atoms with Crippen LogP contribution in [0.15, 0.2) is 42.5 Å². The quantitative estimate of drug-likeness (QED) is 0.724. The van der Waals surface area contributed by atoms with Crippen molar-refractivity contribution in [2.24, 2.45) is 0 Å². The van der Waals surface area contributed by atoms with Gasteiger partial charge in [-0.15, -0.1) is 15.0 Å². The number of rotatable bonds is 3. The van der Waals surface area contributed by atoms with Crippen molar-refractivity contribution in [2.75, 3.05) is 0 Å². The van der Waals surface area contributed by atoms with Crippen molar-refractivity contribution in [2.45, 2.75) is 6.92 Å². The number of hydrogen-bond donors (Lipinski definition) is 1. The molecule has 108 valence electrons. The molecule has 6 nitrogen and oxygen atoms in total. The van der Waals surface area contributed by atoms with Crippen LogP contribution in [0.25, 0.3) is 16.7 Å². The molecule has 22 heavy (non-hydrogen) atoms. The molecule has 0 saturated heterocycles. The molecule has 8 radical (unpaired) electrons. The van der Waals surface area contributed by atoms with Crippen molar-refractivity contribution in [3.63, 3.8) is 0 Å². The highest BCUT2D eigenvalue weighted by Crippen LogP contribution is 2.22. The molecule has 0 saturated carbocycles. The molecule has 0 amide bonds. The molecule has 0 bridgehead atoms. The van der Waals surface area contributed by atoms with E-state index in [2.05, 4.69) is 39.4 Å². The van der Waals surface area contributed by atoms with Crippen LogP contribution >= 0.6 is 0 Å². The molecule has 0 aliphatic heterocycles. The number of fused-ring (bicyclic) bond motifs is 1. The lowest BCUT2D eigenvalue weighted by atomic mass is 10.2. The van der Waals surface area contributed by atoms with E-state index in [9.17, 15) is 5.11 Å². The minimum absolute atomic E-state index is 0.0247. The molecule has 0 unspecified atom stereocenters. The van der Waals surface area contributed by atoms with Crippen molar-refractivity contribution in [1.29, 1.82) is 0 Å². The molecule has 1 N–H and O–H groups in total. The van der Waals surface area contributed by atoms with Crippen molar-refractivity contribution in [1.82, 2.24) is 15.0 Å². The van der Waals surface area contributed by atoms with Gasteiger partial charge in [0.25, 0.3) is 0 Å². The highest BCUT2D eigenvalue weighted by atomic mass is 28.3. The fourth-order valence-corrected chi connectivity index (χ4v) is 2.32. The van der Waals surface area contributed by atoms with E-state index >= 15 is 0 Å². The van der Waals surface area contributed by atoms with Crippen LogP contribution in [-0.2, 0) is 8.23 Å². The van der Waals surface area contributed by atoms with Crippen LogP contribution in [0, 0.1) is 6.92 Å². The van der Waals surface area contributed by atoms with E-state index in [-0.39, 0.29) is 15.8 Å². The van der Waals surface area contributed by atoms with Crippen LogP contribution in [0.4, 0.5) is 0 Å². The van der Waals surface area contributed by atoms with E-state index in [0.29, 0.717) is 5.69 Å². The maximum absolute atomic E-state index is 9.81. The molecule has 1 heterocycles. The van der Waals surface area contributed by atoms with Crippen LogP contribution in [-0.4, -0.2) is 51.1 Å². The van der Waals surface area contributed by atoms with Gasteiger partial charge in [0.1, 0.15) is 22.5 Å². The SMILES string of the molecule is Cc1ccc(O)c(-n2nc3ccccc3n2)c1.[Si]O[Si]O[Si]. The van der Waals surface area contributed by atoms with Gasteiger partial charge in [0.05, 0.1) is 0 Å². The topological polar surface area (TPSA) is 69.4 Å². The molecule has 0 atom stereocenters. The van der Waals surface area contributed by atoms with Crippen molar-refractivity contribution >= 4 is 42.0 Å². The second kappa shape index (κ2) is 8.01. The number of aryl methyl sites for hydroxylation is 1. The van der Waals surface area contributed by atoms with E-state index in [4.69, 9.17) is 0 Å². The second-order valence-corrected chi connectivity index (χ2v) is 6.06. The number of phenols is 1. The van der Waals surface area contributed by atoms with Crippen molar-refractivity contribution in [3.8, 4) is 11.4 Å². The van der Waals surface area contributed by atoms with E-state index in [1.807, 2.05) is 43.3 Å². The number of benzene rings is 2. The number of phenolic OH excluding ortho intramolecular Hbond substituents is 1. The average molecular weight is 342 g/mol. The third kappa shape index (κ3) is 4.11. The number of aromatic hydroxyl groups is 1. The monoisotopic (exact) mass is 341 g/mol. The van der Waals surface area contributed by atoms with Gasteiger partial charge in [-0.25, -0.2) is 0 Å². The molecule has 3 aromatic rings. The summed E-state index contributed by atoms with van der Waals surface area (Å²) in [6.45, 7) is 1.96. The van der Waals surface area contributed by atoms with Gasteiger partial charge in [0.2, 0.25) is 21.0 Å². The van der Waals surface area contributed by atoms with Gasteiger partial charge >= 0.3 is 10.0 Å². The zero-order valence-electron chi connectivity index (χ0n) is 11.6. The fourth-order valence-electron chi connectivity index (χ4n) is 1.78. The van der Waals surface area contributed by atoms with Crippen LogP contribution in [0.5, 0.6) is 5.75 Å². The van der Waals surface area contributed by atoms with E-state index in [1.165, 1.54) is 4.80 Å². The lowest BCUT2D eigenvalue weighted by Gasteiger charge is -2.03. The zero-order chi connectivity index (χ0) is 15.9. The predicted octanol–water partition coefficient (Wildman–Crippen LogP) is 1.16. The molecule has 0 spiro atoms. The first kappa shape index (κ1) is 16.6. The lowest BCUT2D eigenvalue weighted by molar-refractivity contribution is 0.467. The maximum Gasteiger partial charge on any atom is 0.409 e. The third-order valence-corrected chi connectivity index (χ3v) is 3.38. The Labute approximate surface area is 137 Å². The Morgan fingerprint density at radius 2 is 1.64 bits per heavy atom. The van der Waals surface area contributed by atoms with Crippen LogP contribution in [0.3, 0.4) is 0 Å². The summed E-state index contributed by atoms with van der Waals surface area (Å²) in [6, 6.07) is 13.0. The highest BCUT2D eigenvalue weighted by Gasteiger charge is 2.08. The molecule has 1 aromatic heterocycles.